The van der Waals surface area contributed by atoms with Crippen molar-refractivity contribution >= 4 is 10.8 Å². The molecule has 0 aliphatic carbocycles. The minimum absolute atomic E-state index is 0.277. The smallest absolute Gasteiger partial charge is 0.0358 e. The lowest BCUT2D eigenvalue weighted by Crippen LogP contribution is -2.28. The molecule has 0 fully saturated rings. The fraction of sp³-hybridized carbons (Fsp3) is 0.231. The number of rotatable bonds is 1. The van der Waals surface area contributed by atoms with E-state index in [-0.39, 0.29) is 5.54 Å². The van der Waals surface area contributed by atoms with Crippen LogP contribution in [0.3, 0.4) is 0 Å². The van der Waals surface area contributed by atoms with Gasteiger partial charge in [-0.15, -0.1) is 0 Å². The van der Waals surface area contributed by atoms with Crippen LogP contribution in [0, 0.1) is 0 Å². The molecule has 2 N–H and O–H groups in total. The molecule has 0 aromatic heterocycles. The summed E-state index contributed by atoms with van der Waals surface area (Å²) in [5.41, 5.74) is 7.05. The number of benzene rings is 2. The minimum atomic E-state index is -0.277. The van der Waals surface area contributed by atoms with E-state index in [1.54, 1.807) is 0 Å². The third-order valence-electron chi connectivity index (χ3n) is 2.48. The first-order valence-corrected chi connectivity index (χ1v) is 4.86. The molecule has 0 amide bonds. The molecule has 14 heavy (non-hydrogen) atoms. The third kappa shape index (κ3) is 1.51. The van der Waals surface area contributed by atoms with Gasteiger partial charge in [0.15, 0.2) is 0 Å². The molecule has 0 aliphatic rings. The Labute approximate surface area is 84.5 Å². The molecule has 0 radical (unpaired) electrons. The molecule has 0 heterocycles. The van der Waals surface area contributed by atoms with Gasteiger partial charge in [0, 0.05) is 5.54 Å². The Kier molecular flexibility index (Phi) is 2.05. The minimum Gasteiger partial charge on any atom is -0.322 e. The van der Waals surface area contributed by atoms with E-state index in [4.69, 9.17) is 5.73 Å². The first-order valence-electron chi connectivity index (χ1n) is 4.86. The average molecular weight is 185 g/mol. The van der Waals surface area contributed by atoms with E-state index in [2.05, 4.69) is 42.5 Å². The fourth-order valence-corrected chi connectivity index (χ4v) is 1.79. The molecule has 0 bridgehead atoms. The summed E-state index contributed by atoms with van der Waals surface area (Å²) in [6.07, 6.45) is 0. The molecule has 0 unspecified atom stereocenters. The summed E-state index contributed by atoms with van der Waals surface area (Å²) in [6.45, 7) is 4.07. The van der Waals surface area contributed by atoms with Crippen molar-refractivity contribution < 1.29 is 0 Å². The summed E-state index contributed by atoms with van der Waals surface area (Å²) in [4.78, 5) is 0. The van der Waals surface area contributed by atoms with Gasteiger partial charge in [0.05, 0.1) is 0 Å². The highest BCUT2D eigenvalue weighted by atomic mass is 14.7. The highest BCUT2D eigenvalue weighted by Crippen LogP contribution is 2.26. The van der Waals surface area contributed by atoms with Crippen molar-refractivity contribution in [3.8, 4) is 0 Å². The zero-order chi connectivity index (χ0) is 10.2. The Hall–Kier alpha value is -1.34. The lowest BCUT2D eigenvalue weighted by Gasteiger charge is -2.21. The van der Waals surface area contributed by atoms with Crippen LogP contribution < -0.4 is 5.73 Å². The molecular weight excluding hydrogens is 170 g/mol. The first kappa shape index (κ1) is 9.22. The Bertz CT molecular complexity index is 447. The van der Waals surface area contributed by atoms with Gasteiger partial charge in [-0.25, -0.2) is 0 Å². The molecule has 2 rings (SSSR count). The number of nitrogens with two attached hydrogens (primary N) is 1. The largest absolute Gasteiger partial charge is 0.322 e. The summed E-state index contributed by atoms with van der Waals surface area (Å²) < 4.78 is 0. The third-order valence-corrected chi connectivity index (χ3v) is 2.48. The van der Waals surface area contributed by atoms with Crippen molar-refractivity contribution in [2.45, 2.75) is 19.4 Å². The maximum absolute atomic E-state index is 6.12. The second kappa shape index (κ2) is 3.10. The van der Waals surface area contributed by atoms with Crippen molar-refractivity contribution in [2.24, 2.45) is 5.73 Å². The van der Waals surface area contributed by atoms with Crippen LogP contribution in [0.1, 0.15) is 19.4 Å². The standard InChI is InChI=1S/C13H15N/c1-13(2,14)12-9-5-7-10-6-3-4-8-11(10)12/h3-9H,14H2,1-2H3. The van der Waals surface area contributed by atoms with E-state index < -0.39 is 0 Å². The van der Waals surface area contributed by atoms with E-state index in [1.807, 2.05) is 13.8 Å². The Morgan fingerprint density at radius 3 is 2.29 bits per heavy atom. The Morgan fingerprint density at radius 1 is 0.929 bits per heavy atom. The van der Waals surface area contributed by atoms with Crippen LogP contribution in [0.4, 0.5) is 0 Å². The second-order valence-corrected chi connectivity index (χ2v) is 4.25. The van der Waals surface area contributed by atoms with Gasteiger partial charge in [0.25, 0.3) is 0 Å². The zero-order valence-corrected chi connectivity index (χ0v) is 8.62. The van der Waals surface area contributed by atoms with Gasteiger partial charge in [0.1, 0.15) is 0 Å². The molecule has 0 spiro atoms. The summed E-state index contributed by atoms with van der Waals surface area (Å²) >= 11 is 0. The monoisotopic (exact) mass is 185 g/mol. The SMILES string of the molecule is CC(C)(N)c1cccc2ccccc12. The predicted octanol–water partition coefficient (Wildman–Crippen LogP) is 3.03. The summed E-state index contributed by atoms with van der Waals surface area (Å²) in [6, 6.07) is 14.6. The molecule has 2 aromatic rings. The predicted molar refractivity (Wildman–Crippen MR) is 61.2 cm³/mol. The van der Waals surface area contributed by atoms with Crippen LogP contribution in [-0.2, 0) is 5.54 Å². The topological polar surface area (TPSA) is 26.0 Å². The van der Waals surface area contributed by atoms with Crippen LogP contribution >= 0.6 is 0 Å². The lowest BCUT2D eigenvalue weighted by molar-refractivity contribution is 0.559. The van der Waals surface area contributed by atoms with Crippen molar-refractivity contribution in [1.29, 1.82) is 0 Å². The maximum Gasteiger partial charge on any atom is 0.0358 e. The van der Waals surface area contributed by atoms with E-state index in [9.17, 15) is 0 Å². The lowest BCUT2D eigenvalue weighted by atomic mass is 9.91. The molecule has 0 saturated carbocycles. The highest BCUT2D eigenvalue weighted by Gasteiger charge is 2.16. The quantitative estimate of drug-likeness (QED) is 0.726. The molecule has 0 aliphatic heterocycles. The molecular formula is C13H15N. The molecule has 72 valence electrons. The highest BCUT2D eigenvalue weighted by molar-refractivity contribution is 5.86. The van der Waals surface area contributed by atoms with Gasteiger partial charge in [0.2, 0.25) is 0 Å². The van der Waals surface area contributed by atoms with Gasteiger partial charge in [-0.1, -0.05) is 42.5 Å². The number of hydrogen-bond acceptors (Lipinski definition) is 1. The van der Waals surface area contributed by atoms with Crippen LogP contribution in [0.15, 0.2) is 42.5 Å². The number of fused-ring (bicyclic) bond motifs is 1. The van der Waals surface area contributed by atoms with Crippen LogP contribution in [-0.4, -0.2) is 0 Å². The van der Waals surface area contributed by atoms with E-state index >= 15 is 0 Å². The van der Waals surface area contributed by atoms with Gasteiger partial charge in [-0.3, -0.25) is 0 Å². The van der Waals surface area contributed by atoms with E-state index in [1.165, 1.54) is 16.3 Å². The average Bonchev–Trinajstić information content (AvgIpc) is 2.15. The molecule has 2 aromatic carbocycles. The summed E-state index contributed by atoms with van der Waals surface area (Å²) in [5.74, 6) is 0. The molecule has 0 saturated heterocycles. The second-order valence-electron chi connectivity index (χ2n) is 4.25. The van der Waals surface area contributed by atoms with Crippen LogP contribution in [0.2, 0.25) is 0 Å². The first-order chi connectivity index (χ1) is 6.59. The van der Waals surface area contributed by atoms with Crippen molar-refractivity contribution in [3.05, 3.63) is 48.0 Å². The summed E-state index contributed by atoms with van der Waals surface area (Å²) in [7, 11) is 0. The van der Waals surface area contributed by atoms with Gasteiger partial charge >= 0.3 is 0 Å². The van der Waals surface area contributed by atoms with Gasteiger partial charge in [-0.05, 0) is 30.2 Å². The normalized spacial score (nSPS) is 11.9. The van der Waals surface area contributed by atoms with Gasteiger partial charge in [-0.2, -0.15) is 0 Å². The van der Waals surface area contributed by atoms with Crippen LogP contribution in [0.5, 0.6) is 0 Å². The van der Waals surface area contributed by atoms with Gasteiger partial charge < -0.3 is 5.73 Å². The summed E-state index contributed by atoms with van der Waals surface area (Å²) in [5, 5.41) is 2.51. The van der Waals surface area contributed by atoms with Crippen LogP contribution in [0.25, 0.3) is 10.8 Å². The Balaban J connectivity index is 2.78. The van der Waals surface area contributed by atoms with Crippen molar-refractivity contribution in [2.75, 3.05) is 0 Å². The number of hydrogen-bond donors (Lipinski definition) is 1. The van der Waals surface area contributed by atoms with E-state index in [0.717, 1.165) is 0 Å². The zero-order valence-electron chi connectivity index (χ0n) is 8.62. The Morgan fingerprint density at radius 2 is 1.57 bits per heavy atom. The molecule has 1 nitrogen and oxygen atoms in total. The molecule has 1 heteroatoms. The maximum atomic E-state index is 6.12. The van der Waals surface area contributed by atoms with Crippen molar-refractivity contribution in [3.63, 3.8) is 0 Å². The van der Waals surface area contributed by atoms with E-state index in [0.29, 0.717) is 0 Å². The molecule has 0 atom stereocenters. The fourth-order valence-electron chi connectivity index (χ4n) is 1.79. The van der Waals surface area contributed by atoms with Crippen molar-refractivity contribution in [1.82, 2.24) is 0 Å².